The van der Waals surface area contributed by atoms with Crippen LogP contribution in [0.1, 0.15) is 21.5 Å². The number of benzene rings is 3. The van der Waals surface area contributed by atoms with E-state index in [0.29, 0.717) is 11.3 Å². The lowest BCUT2D eigenvalue weighted by molar-refractivity contribution is 0.0955. The van der Waals surface area contributed by atoms with Gasteiger partial charge in [-0.15, -0.1) is 0 Å². The first-order valence-corrected chi connectivity index (χ1v) is 9.01. The fraction of sp³-hybridized carbons (Fsp3) is 0.0435. The van der Waals surface area contributed by atoms with Crippen molar-refractivity contribution in [3.63, 3.8) is 0 Å². The fourth-order valence-electron chi connectivity index (χ4n) is 3.15. The van der Waals surface area contributed by atoms with Crippen LogP contribution in [0.3, 0.4) is 0 Å². The molecule has 1 heterocycles. The normalized spacial score (nSPS) is 11.1. The van der Waals surface area contributed by atoms with Gasteiger partial charge in [-0.2, -0.15) is 5.10 Å². The number of carbonyl (C=O) groups is 1. The van der Waals surface area contributed by atoms with E-state index in [9.17, 15) is 4.79 Å². The van der Waals surface area contributed by atoms with Crippen molar-refractivity contribution in [3.05, 3.63) is 102 Å². The summed E-state index contributed by atoms with van der Waals surface area (Å²) in [4.78, 5) is 12.2. The molecule has 0 spiro atoms. The van der Waals surface area contributed by atoms with E-state index in [-0.39, 0.29) is 5.91 Å². The van der Waals surface area contributed by atoms with E-state index in [1.807, 2.05) is 30.3 Å². The smallest absolute Gasteiger partial charge is 0.271 e. The van der Waals surface area contributed by atoms with Crippen LogP contribution < -0.4 is 11.2 Å². The molecule has 0 saturated heterocycles. The third kappa shape index (κ3) is 3.78. The molecular weight excluding hydrogens is 348 g/mol. The fourth-order valence-corrected chi connectivity index (χ4v) is 3.15. The molecule has 0 aliphatic heterocycles. The highest BCUT2D eigenvalue weighted by Crippen LogP contribution is 2.21. The van der Waals surface area contributed by atoms with Crippen LogP contribution in [0.4, 0.5) is 5.69 Å². The van der Waals surface area contributed by atoms with E-state index >= 15 is 0 Å². The van der Waals surface area contributed by atoms with E-state index in [1.165, 1.54) is 5.56 Å². The highest BCUT2D eigenvalue weighted by atomic mass is 16.2. The Morgan fingerprint density at radius 1 is 0.964 bits per heavy atom. The molecule has 3 aromatic carbocycles. The first-order chi connectivity index (χ1) is 13.7. The van der Waals surface area contributed by atoms with E-state index < -0.39 is 0 Å². The van der Waals surface area contributed by atoms with Crippen LogP contribution in [0.15, 0.2) is 90.2 Å². The molecule has 3 N–H and O–H groups in total. The van der Waals surface area contributed by atoms with Gasteiger partial charge in [-0.05, 0) is 35.9 Å². The van der Waals surface area contributed by atoms with Gasteiger partial charge in [0.05, 0.1) is 6.21 Å². The second kappa shape index (κ2) is 7.80. The molecule has 4 aromatic rings. The summed E-state index contributed by atoms with van der Waals surface area (Å²) < 4.78 is 2.19. The Hall–Kier alpha value is -3.86. The molecule has 0 fully saturated rings. The second-order valence-corrected chi connectivity index (χ2v) is 6.54. The van der Waals surface area contributed by atoms with Gasteiger partial charge in [0.25, 0.3) is 5.91 Å². The number of nitrogens with two attached hydrogens (primary N) is 1. The lowest BCUT2D eigenvalue weighted by atomic mass is 10.2. The van der Waals surface area contributed by atoms with Crippen molar-refractivity contribution in [2.45, 2.75) is 6.54 Å². The minimum absolute atomic E-state index is 0.274. The average Bonchev–Trinajstić information content (AvgIpc) is 3.07. The molecule has 0 atom stereocenters. The van der Waals surface area contributed by atoms with Crippen molar-refractivity contribution in [1.82, 2.24) is 9.99 Å². The molecule has 0 aliphatic rings. The first kappa shape index (κ1) is 17.5. The molecule has 0 unspecified atom stereocenters. The number of hydrazone groups is 1. The average molecular weight is 368 g/mol. The summed E-state index contributed by atoms with van der Waals surface area (Å²) in [6, 6.07) is 25.2. The van der Waals surface area contributed by atoms with Crippen molar-refractivity contribution in [2.24, 2.45) is 5.10 Å². The predicted octanol–water partition coefficient (Wildman–Crippen LogP) is 4.04. The SMILES string of the molecule is Nc1ccc(C(=O)NN=Cc2cn(Cc3ccccc3)c3ccccc23)cc1. The van der Waals surface area contributed by atoms with Crippen LogP contribution in [0, 0.1) is 0 Å². The molecule has 5 heteroatoms. The predicted molar refractivity (Wildman–Crippen MR) is 113 cm³/mol. The van der Waals surface area contributed by atoms with Crippen LogP contribution >= 0.6 is 0 Å². The summed E-state index contributed by atoms with van der Waals surface area (Å²) in [6.07, 6.45) is 3.73. The number of hydrogen-bond donors (Lipinski definition) is 2. The topological polar surface area (TPSA) is 72.4 Å². The van der Waals surface area contributed by atoms with E-state index in [2.05, 4.69) is 45.6 Å². The van der Waals surface area contributed by atoms with Crippen LogP contribution in [-0.4, -0.2) is 16.7 Å². The largest absolute Gasteiger partial charge is 0.399 e. The van der Waals surface area contributed by atoms with E-state index in [4.69, 9.17) is 5.73 Å². The Labute approximate surface area is 163 Å². The van der Waals surface area contributed by atoms with Gasteiger partial charge in [0.1, 0.15) is 0 Å². The second-order valence-electron chi connectivity index (χ2n) is 6.54. The van der Waals surface area contributed by atoms with Gasteiger partial charge < -0.3 is 10.3 Å². The Bertz CT molecular complexity index is 1130. The number of aromatic nitrogens is 1. The monoisotopic (exact) mass is 368 g/mol. The first-order valence-electron chi connectivity index (χ1n) is 9.01. The maximum absolute atomic E-state index is 12.2. The minimum atomic E-state index is -0.274. The maximum atomic E-state index is 12.2. The number of nitrogens with one attached hydrogen (secondary N) is 1. The van der Waals surface area contributed by atoms with Gasteiger partial charge in [0.2, 0.25) is 0 Å². The zero-order chi connectivity index (χ0) is 19.3. The van der Waals surface area contributed by atoms with Crippen LogP contribution in [0.25, 0.3) is 10.9 Å². The number of carbonyl (C=O) groups excluding carboxylic acids is 1. The van der Waals surface area contributed by atoms with Gasteiger partial charge >= 0.3 is 0 Å². The summed E-state index contributed by atoms with van der Waals surface area (Å²) >= 11 is 0. The summed E-state index contributed by atoms with van der Waals surface area (Å²) in [5, 5.41) is 5.23. The van der Waals surface area contributed by atoms with Crippen molar-refractivity contribution >= 4 is 28.7 Å². The minimum Gasteiger partial charge on any atom is -0.399 e. The lowest BCUT2D eigenvalue weighted by Crippen LogP contribution is -2.17. The van der Waals surface area contributed by atoms with Gasteiger partial charge in [-0.1, -0.05) is 48.5 Å². The van der Waals surface area contributed by atoms with E-state index in [1.54, 1.807) is 30.5 Å². The molecule has 0 radical (unpaired) electrons. The van der Waals surface area contributed by atoms with Crippen molar-refractivity contribution < 1.29 is 4.79 Å². The molecule has 1 amide bonds. The quantitative estimate of drug-likeness (QED) is 0.317. The number of hydrogen-bond acceptors (Lipinski definition) is 3. The number of fused-ring (bicyclic) bond motifs is 1. The molecule has 0 saturated carbocycles. The molecule has 0 aliphatic carbocycles. The summed E-state index contributed by atoms with van der Waals surface area (Å²) in [5.41, 5.74) is 12.6. The number of amides is 1. The standard InChI is InChI=1S/C23H20N4O/c24-20-12-10-18(11-13-20)23(28)26-25-14-19-16-27(15-17-6-2-1-3-7-17)22-9-5-4-8-21(19)22/h1-14,16H,15,24H2,(H,26,28). The maximum Gasteiger partial charge on any atom is 0.271 e. The summed E-state index contributed by atoms with van der Waals surface area (Å²) in [7, 11) is 0. The number of nitrogens with zero attached hydrogens (tertiary/aromatic N) is 2. The molecule has 138 valence electrons. The third-order valence-electron chi connectivity index (χ3n) is 4.56. The molecule has 0 bridgehead atoms. The van der Waals surface area contributed by atoms with Crippen LogP contribution in [0.5, 0.6) is 0 Å². The number of anilines is 1. The molecule has 5 nitrogen and oxygen atoms in total. The van der Waals surface area contributed by atoms with Gasteiger partial charge in [0, 0.05) is 40.5 Å². The summed E-state index contributed by atoms with van der Waals surface area (Å²) in [6.45, 7) is 0.771. The van der Waals surface area contributed by atoms with Gasteiger partial charge in [-0.25, -0.2) is 5.43 Å². The molecule has 1 aromatic heterocycles. The lowest BCUT2D eigenvalue weighted by Gasteiger charge is -2.05. The van der Waals surface area contributed by atoms with Gasteiger partial charge in [-0.3, -0.25) is 4.79 Å². The highest BCUT2D eigenvalue weighted by molar-refractivity contribution is 6.00. The van der Waals surface area contributed by atoms with Crippen LogP contribution in [-0.2, 0) is 6.54 Å². The number of nitrogen functional groups attached to an aromatic ring is 1. The Morgan fingerprint density at radius 3 is 2.46 bits per heavy atom. The van der Waals surface area contributed by atoms with Crippen molar-refractivity contribution in [1.29, 1.82) is 0 Å². The molecule has 28 heavy (non-hydrogen) atoms. The number of para-hydroxylation sites is 1. The summed E-state index contributed by atoms with van der Waals surface area (Å²) in [5.74, 6) is -0.274. The van der Waals surface area contributed by atoms with Crippen LogP contribution in [0.2, 0.25) is 0 Å². The Balaban J connectivity index is 1.56. The van der Waals surface area contributed by atoms with Crippen molar-refractivity contribution in [2.75, 3.05) is 5.73 Å². The molecule has 4 rings (SSSR count). The molecular formula is C23H20N4O. The van der Waals surface area contributed by atoms with Gasteiger partial charge in [0.15, 0.2) is 0 Å². The zero-order valence-electron chi connectivity index (χ0n) is 15.2. The number of rotatable bonds is 5. The highest BCUT2D eigenvalue weighted by Gasteiger charge is 2.08. The Kier molecular flexibility index (Phi) is 4.89. The third-order valence-corrected chi connectivity index (χ3v) is 4.56. The zero-order valence-corrected chi connectivity index (χ0v) is 15.2. The van der Waals surface area contributed by atoms with E-state index in [0.717, 1.165) is 23.0 Å². The Morgan fingerprint density at radius 2 is 1.68 bits per heavy atom. The van der Waals surface area contributed by atoms with Crippen molar-refractivity contribution in [3.8, 4) is 0 Å².